The molecule has 1 amide bonds. The Bertz CT molecular complexity index is 633. The maximum atomic E-state index is 13.3. The highest BCUT2D eigenvalue weighted by Gasteiger charge is 2.90. The molecule has 0 radical (unpaired) electrons. The van der Waals surface area contributed by atoms with Crippen molar-refractivity contribution in [2.45, 2.75) is 55.6 Å². The van der Waals surface area contributed by atoms with Crippen LogP contribution in [0, 0.1) is 0 Å². The fourth-order valence-corrected chi connectivity index (χ4v) is 1.46. The predicted molar refractivity (Wildman–Crippen MR) is 68.3 cm³/mol. The lowest BCUT2D eigenvalue weighted by Crippen LogP contribution is -2.70. The largest absolute Gasteiger partial charge is 0.460 e. The first kappa shape index (κ1) is 26.2. The number of carbonyl (C=O) groups is 1. The number of halogens is 13. The molecule has 0 aliphatic heterocycles. The van der Waals surface area contributed by atoms with Crippen molar-refractivity contribution in [2.75, 3.05) is 0 Å². The highest BCUT2D eigenvalue weighted by molar-refractivity contribution is 5.97. The van der Waals surface area contributed by atoms with Crippen molar-refractivity contribution in [3.63, 3.8) is 0 Å². The Hall–Kier alpha value is -1.83. The summed E-state index contributed by atoms with van der Waals surface area (Å²) in [5, 5.41) is 0. The summed E-state index contributed by atoms with van der Waals surface area (Å²) >= 11 is 0. The smallest absolute Gasteiger partial charge is 0.267 e. The molecule has 0 spiro atoms. The van der Waals surface area contributed by atoms with Crippen LogP contribution < -0.4 is 0 Å². The summed E-state index contributed by atoms with van der Waals surface area (Å²) in [4.78, 5) is 13.8. The van der Waals surface area contributed by atoms with Gasteiger partial charge >= 0.3 is 35.8 Å². The number of hydrogen-bond acceptors (Lipinski definition) is 1. The molecule has 28 heavy (non-hydrogen) atoms. The lowest BCUT2D eigenvalue weighted by Gasteiger charge is -2.39. The standard InChI is InChI=1S/C13H10F13NO/c1-6(2)7(28)27-5-3-4-8(14,15)9(16,17)10(18,19)11(20,21)12(22,23)13(24,25)26/h5H,1,3-4H2,2H3. The zero-order valence-electron chi connectivity index (χ0n) is 13.5. The van der Waals surface area contributed by atoms with Gasteiger partial charge in [0, 0.05) is 18.2 Å². The number of rotatable bonds is 8. The van der Waals surface area contributed by atoms with Gasteiger partial charge in [-0.25, -0.2) is 4.99 Å². The summed E-state index contributed by atoms with van der Waals surface area (Å²) in [5.74, 6) is -38.1. The van der Waals surface area contributed by atoms with E-state index < -0.39 is 54.5 Å². The Morgan fingerprint density at radius 1 is 0.786 bits per heavy atom. The van der Waals surface area contributed by atoms with Crippen molar-refractivity contribution in [1.29, 1.82) is 0 Å². The molecular formula is C13H10F13NO. The second-order valence-electron chi connectivity index (χ2n) is 5.44. The molecule has 0 aromatic carbocycles. The van der Waals surface area contributed by atoms with Gasteiger partial charge in [0.15, 0.2) is 0 Å². The molecule has 0 N–H and O–H groups in total. The van der Waals surface area contributed by atoms with Crippen LogP contribution in [-0.4, -0.2) is 47.9 Å². The molecule has 15 heteroatoms. The van der Waals surface area contributed by atoms with Crippen molar-refractivity contribution in [2.24, 2.45) is 4.99 Å². The minimum absolute atomic E-state index is 0.196. The van der Waals surface area contributed by atoms with E-state index in [1.807, 2.05) is 0 Å². The predicted octanol–water partition coefficient (Wildman–Crippen LogP) is 5.68. The van der Waals surface area contributed by atoms with E-state index in [9.17, 15) is 61.9 Å². The molecule has 0 aliphatic carbocycles. The highest BCUT2D eigenvalue weighted by Crippen LogP contribution is 2.60. The maximum Gasteiger partial charge on any atom is 0.460 e. The van der Waals surface area contributed by atoms with Crippen LogP contribution in [-0.2, 0) is 4.79 Å². The number of nitrogens with zero attached hydrogens (tertiary/aromatic N) is 1. The van der Waals surface area contributed by atoms with Crippen molar-refractivity contribution >= 4 is 12.1 Å². The number of alkyl halides is 13. The third-order valence-corrected chi connectivity index (χ3v) is 3.16. The van der Waals surface area contributed by atoms with Gasteiger partial charge in [-0.1, -0.05) is 6.58 Å². The number of aliphatic imine (C=N–C) groups is 1. The lowest BCUT2D eigenvalue weighted by molar-refractivity contribution is -0.440. The Kier molecular flexibility index (Phi) is 7.04. The summed E-state index contributed by atoms with van der Waals surface area (Å²) in [6.45, 7) is 4.14. The molecule has 0 saturated carbocycles. The van der Waals surface area contributed by atoms with Crippen LogP contribution in [0.1, 0.15) is 19.8 Å². The molecule has 2 nitrogen and oxygen atoms in total. The van der Waals surface area contributed by atoms with Gasteiger partial charge in [0.1, 0.15) is 0 Å². The van der Waals surface area contributed by atoms with E-state index in [1.165, 1.54) is 0 Å². The van der Waals surface area contributed by atoms with Gasteiger partial charge in [0.05, 0.1) is 0 Å². The number of amides is 1. The maximum absolute atomic E-state index is 13.3. The van der Waals surface area contributed by atoms with Gasteiger partial charge in [-0.2, -0.15) is 57.1 Å². The lowest BCUT2D eigenvalue weighted by atomic mass is 9.92. The average Bonchev–Trinajstić information content (AvgIpc) is 2.49. The molecular weight excluding hydrogens is 433 g/mol. The van der Waals surface area contributed by atoms with Crippen LogP contribution in [0.5, 0.6) is 0 Å². The molecule has 0 rings (SSSR count). The van der Waals surface area contributed by atoms with Crippen LogP contribution in [0.25, 0.3) is 0 Å². The highest BCUT2D eigenvalue weighted by atomic mass is 19.4. The van der Waals surface area contributed by atoms with Gasteiger partial charge in [0.25, 0.3) is 5.91 Å². The fraction of sp³-hybridized carbons (Fsp3) is 0.692. The molecule has 0 unspecified atom stereocenters. The van der Waals surface area contributed by atoms with E-state index in [0.29, 0.717) is 0 Å². The normalized spacial score (nSPS) is 15.2. The van der Waals surface area contributed by atoms with Crippen molar-refractivity contribution in [3.05, 3.63) is 12.2 Å². The minimum Gasteiger partial charge on any atom is -0.267 e. The molecule has 0 bridgehead atoms. The molecule has 0 aliphatic rings. The van der Waals surface area contributed by atoms with E-state index in [2.05, 4.69) is 11.6 Å². The Morgan fingerprint density at radius 3 is 1.54 bits per heavy atom. The summed E-state index contributed by atoms with van der Waals surface area (Å²) in [6.07, 6.45) is -11.1. The molecule has 0 aromatic rings. The van der Waals surface area contributed by atoms with Crippen LogP contribution in [0.3, 0.4) is 0 Å². The van der Waals surface area contributed by atoms with Crippen LogP contribution in [0.2, 0.25) is 0 Å². The van der Waals surface area contributed by atoms with Gasteiger partial charge in [-0.3, -0.25) is 4.79 Å². The van der Waals surface area contributed by atoms with Crippen LogP contribution >= 0.6 is 0 Å². The summed E-state index contributed by atoms with van der Waals surface area (Å²) in [7, 11) is 0. The van der Waals surface area contributed by atoms with Crippen LogP contribution in [0.4, 0.5) is 57.1 Å². The van der Waals surface area contributed by atoms with E-state index in [4.69, 9.17) is 0 Å². The first-order chi connectivity index (χ1) is 12.1. The molecule has 0 aromatic heterocycles. The van der Waals surface area contributed by atoms with E-state index in [-0.39, 0.29) is 11.8 Å². The SMILES string of the molecule is C=C(C)C(=O)N=CCCC(F)(F)C(F)(F)C(F)(F)C(F)(F)C(F)(F)C(F)(F)F. The van der Waals surface area contributed by atoms with E-state index >= 15 is 0 Å². The second-order valence-corrected chi connectivity index (χ2v) is 5.44. The third kappa shape index (κ3) is 4.26. The van der Waals surface area contributed by atoms with Crippen LogP contribution in [0.15, 0.2) is 17.1 Å². The first-order valence-electron chi connectivity index (χ1n) is 6.76. The summed E-state index contributed by atoms with van der Waals surface area (Å²) < 4.78 is 166. The van der Waals surface area contributed by atoms with Gasteiger partial charge in [-0.15, -0.1) is 0 Å². The van der Waals surface area contributed by atoms with Crippen molar-refractivity contribution in [3.8, 4) is 0 Å². The Labute approximate surface area is 148 Å². The topological polar surface area (TPSA) is 29.4 Å². The van der Waals surface area contributed by atoms with E-state index in [0.717, 1.165) is 6.92 Å². The van der Waals surface area contributed by atoms with Crippen molar-refractivity contribution in [1.82, 2.24) is 0 Å². The molecule has 0 fully saturated rings. The van der Waals surface area contributed by atoms with Gasteiger partial charge < -0.3 is 0 Å². The molecule has 0 saturated heterocycles. The van der Waals surface area contributed by atoms with Gasteiger partial charge in [-0.05, 0) is 13.3 Å². The monoisotopic (exact) mass is 443 g/mol. The zero-order chi connectivity index (χ0) is 23.0. The molecule has 164 valence electrons. The zero-order valence-corrected chi connectivity index (χ0v) is 13.5. The van der Waals surface area contributed by atoms with E-state index in [1.54, 1.807) is 0 Å². The molecule has 0 heterocycles. The summed E-state index contributed by atoms with van der Waals surface area (Å²) in [5.41, 5.74) is -0.256. The quantitative estimate of drug-likeness (QED) is 0.270. The fourth-order valence-electron chi connectivity index (χ4n) is 1.46. The Morgan fingerprint density at radius 2 is 1.18 bits per heavy atom. The molecule has 0 atom stereocenters. The first-order valence-corrected chi connectivity index (χ1v) is 6.76. The third-order valence-electron chi connectivity index (χ3n) is 3.16. The second kappa shape index (κ2) is 7.54. The average molecular weight is 443 g/mol. The van der Waals surface area contributed by atoms with Crippen molar-refractivity contribution < 1.29 is 61.9 Å². The Balaban J connectivity index is 5.80. The number of carbonyl (C=O) groups excluding carboxylic acids is 1. The number of hydrogen-bond donors (Lipinski definition) is 0. The van der Waals surface area contributed by atoms with Gasteiger partial charge in [0.2, 0.25) is 0 Å². The summed E-state index contributed by atoms with van der Waals surface area (Å²) in [6, 6.07) is 0. The minimum atomic E-state index is -7.92.